The number of nitro benzene ring substituents is 1. The number of rotatable bonds is 13. The second-order valence-corrected chi connectivity index (χ2v) is 9.00. The first-order valence-electron chi connectivity index (χ1n) is 12.3. The Morgan fingerprint density at radius 1 is 1.22 bits per heavy atom. The van der Waals surface area contributed by atoms with Crippen molar-refractivity contribution in [1.82, 2.24) is 10.6 Å². The summed E-state index contributed by atoms with van der Waals surface area (Å²) < 4.78 is 5.09. The molecule has 2 aromatic carbocycles. The number of halogens is 1. The highest BCUT2D eigenvalue weighted by Crippen LogP contribution is 2.38. The number of aliphatic imine (C=N–C) groups is 1. The zero-order valence-electron chi connectivity index (χ0n) is 23.0. The lowest BCUT2D eigenvalue weighted by Gasteiger charge is -2.20. The fraction of sp³-hybridized carbons (Fsp3) is 0.385. The zero-order chi connectivity index (χ0) is 31.1. The maximum Gasteiger partial charge on any atom is 0.315 e. The summed E-state index contributed by atoms with van der Waals surface area (Å²) in [5, 5.41) is 37.3. The van der Waals surface area contributed by atoms with Crippen molar-refractivity contribution in [2.75, 3.05) is 20.2 Å². The summed E-state index contributed by atoms with van der Waals surface area (Å²) in [7, 11) is 1.53. The minimum absolute atomic E-state index is 0.0214. The van der Waals surface area contributed by atoms with Crippen LogP contribution in [-0.4, -0.2) is 71.3 Å². The lowest BCUT2D eigenvalue weighted by Crippen LogP contribution is -2.50. The molecular weight excluding hydrogens is 562 g/mol. The monoisotopic (exact) mass is 595 g/mol. The Balaban J connectivity index is 0.00000268. The van der Waals surface area contributed by atoms with Crippen molar-refractivity contribution < 1.29 is 39.1 Å². The Bertz CT molecular complexity index is 1260. The van der Waals surface area contributed by atoms with Gasteiger partial charge in [-0.25, -0.2) is 0 Å². The molecule has 2 aromatic rings. The predicted octanol–water partition coefficient (Wildman–Crippen LogP) is 2.00. The van der Waals surface area contributed by atoms with Crippen LogP contribution in [0.15, 0.2) is 35.3 Å². The van der Waals surface area contributed by atoms with Crippen LogP contribution in [0.1, 0.15) is 31.9 Å². The molecule has 0 bridgehead atoms. The summed E-state index contributed by atoms with van der Waals surface area (Å²) in [6.45, 7) is 4.11. The molecule has 2 rings (SSSR count). The second kappa shape index (κ2) is 17.4. The highest BCUT2D eigenvalue weighted by molar-refractivity contribution is 6.32. The zero-order valence-corrected chi connectivity index (χ0v) is 23.8. The standard InChI is InChI=1S/C24H30ClN5O8.C2H4O/c1-13(31)12-37-22-19(30(35)36)9-16(11-21(22)33)8-18(27-3)23(34)29-14(2)24(38-26)28-7-6-15-4-5-17(25)20(32)10-15;1-2-3/h4-5,9-11,14,18,27,32-33H,6-8,12,26H2,1-3H3,(H,29,34);2H,1H3/t14-,18?;/m0./s1. The van der Waals surface area contributed by atoms with Gasteiger partial charge in [-0.15, -0.1) is 0 Å². The molecule has 0 saturated heterocycles. The number of nitrogens with two attached hydrogens (primary N) is 1. The number of aromatic hydroxyl groups is 2. The van der Waals surface area contributed by atoms with Crippen molar-refractivity contribution in [2.45, 2.75) is 45.7 Å². The van der Waals surface area contributed by atoms with Gasteiger partial charge in [0.1, 0.15) is 24.7 Å². The van der Waals surface area contributed by atoms with E-state index in [1.54, 1.807) is 19.1 Å². The van der Waals surface area contributed by atoms with Crippen molar-refractivity contribution in [2.24, 2.45) is 10.9 Å². The molecule has 1 amide bonds. The van der Waals surface area contributed by atoms with Gasteiger partial charge in [-0.3, -0.25) is 24.7 Å². The maximum absolute atomic E-state index is 12.9. The number of phenolic OH excluding ortho intramolecular Hbond substituents is 2. The van der Waals surface area contributed by atoms with E-state index < -0.39 is 46.7 Å². The van der Waals surface area contributed by atoms with Crippen LogP contribution in [-0.2, 0) is 32.1 Å². The van der Waals surface area contributed by atoms with E-state index in [0.29, 0.717) is 6.42 Å². The van der Waals surface area contributed by atoms with Gasteiger partial charge in [0.15, 0.2) is 11.5 Å². The first kappa shape index (κ1) is 34.8. The van der Waals surface area contributed by atoms with Crippen molar-refractivity contribution in [3.05, 3.63) is 56.6 Å². The molecule has 0 aliphatic rings. The van der Waals surface area contributed by atoms with E-state index in [0.717, 1.165) is 11.8 Å². The molecule has 41 heavy (non-hydrogen) atoms. The fourth-order valence-electron chi connectivity index (χ4n) is 3.45. The number of ketones is 1. The Kier molecular flexibility index (Phi) is 14.8. The van der Waals surface area contributed by atoms with E-state index in [2.05, 4.69) is 15.6 Å². The number of ether oxygens (including phenoxy) is 1. The van der Waals surface area contributed by atoms with Crippen LogP contribution in [0, 0.1) is 10.1 Å². The molecule has 0 heterocycles. The molecule has 0 fully saturated rings. The van der Waals surface area contributed by atoms with Crippen LogP contribution in [0.25, 0.3) is 0 Å². The van der Waals surface area contributed by atoms with Gasteiger partial charge in [0.2, 0.25) is 17.6 Å². The van der Waals surface area contributed by atoms with E-state index in [1.807, 2.05) is 0 Å². The van der Waals surface area contributed by atoms with Crippen LogP contribution < -0.4 is 21.3 Å². The lowest BCUT2D eigenvalue weighted by molar-refractivity contribution is -0.386. The van der Waals surface area contributed by atoms with Gasteiger partial charge in [0.25, 0.3) is 0 Å². The molecule has 224 valence electrons. The third-order valence-corrected chi connectivity index (χ3v) is 5.68. The van der Waals surface area contributed by atoms with Crippen LogP contribution >= 0.6 is 11.6 Å². The number of nitrogens with one attached hydrogen (secondary N) is 2. The first-order chi connectivity index (χ1) is 19.4. The SMILES string of the molecule is CC=O.CNC(Cc1cc(O)c(OCC(C)=O)c([N+](=O)[O-])c1)C(=O)N[C@@H](C)C(=NCCc1ccc(Cl)c(O)c1)ON. The van der Waals surface area contributed by atoms with Gasteiger partial charge >= 0.3 is 5.69 Å². The van der Waals surface area contributed by atoms with Crippen molar-refractivity contribution in [3.8, 4) is 17.2 Å². The van der Waals surface area contributed by atoms with Gasteiger partial charge in [0, 0.05) is 12.6 Å². The maximum atomic E-state index is 12.9. The summed E-state index contributed by atoms with van der Waals surface area (Å²) in [6.07, 6.45) is 1.18. The largest absolute Gasteiger partial charge is 0.506 e. The average molecular weight is 596 g/mol. The fourth-order valence-corrected chi connectivity index (χ4v) is 3.57. The normalized spacial score (nSPS) is 12.3. The predicted molar refractivity (Wildman–Crippen MR) is 151 cm³/mol. The van der Waals surface area contributed by atoms with Crippen molar-refractivity contribution in [3.63, 3.8) is 0 Å². The molecule has 0 aliphatic heterocycles. The van der Waals surface area contributed by atoms with E-state index >= 15 is 0 Å². The number of benzene rings is 2. The number of likely N-dealkylation sites (N-methyl/N-ethyl adjacent to an activating group) is 1. The molecular formula is C26H34ClN5O9. The number of carbonyl (C=O) groups is 3. The van der Waals surface area contributed by atoms with Crippen molar-refractivity contribution >= 4 is 41.2 Å². The molecule has 14 nitrogen and oxygen atoms in total. The van der Waals surface area contributed by atoms with E-state index in [9.17, 15) is 29.9 Å². The Labute approximate surface area is 241 Å². The summed E-state index contributed by atoms with van der Waals surface area (Å²) >= 11 is 5.81. The summed E-state index contributed by atoms with van der Waals surface area (Å²) in [5.41, 5.74) is 0.528. The topological polar surface area (TPSA) is 216 Å². The number of phenols is 2. The minimum atomic E-state index is -0.850. The molecule has 0 spiro atoms. The average Bonchev–Trinajstić information content (AvgIpc) is 2.90. The van der Waals surface area contributed by atoms with Crippen LogP contribution in [0.5, 0.6) is 17.2 Å². The molecule has 0 aliphatic carbocycles. The second-order valence-electron chi connectivity index (χ2n) is 8.60. The third kappa shape index (κ3) is 11.4. The molecule has 0 radical (unpaired) electrons. The highest BCUT2D eigenvalue weighted by atomic mass is 35.5. The van der Waals surface area contributed by atoms with Gasteiger partial charge in [-0.1, -0.05) is 17.7 Å². The number of aldehydes is 1. The third-order valence-electron chi connectivity index (χ3n) is 5.36. The Morgan fingerprint density at radius 3 is 2.39 bits per heavy atom. The number of hydrogen-bond donors (Lipinski definition) is 5. The van der Waals surface area contributed by atoms with Gasteiger partial charge in [0.05, 0.1) is 16.0 Å². The van der Waals surface area contributed by atoms with Crippen molar-refractivity contribution in [1.29, 1.82) is 0 Å². The van der Waals surface area contributed by atoms with E-state index in [-0.39, 0.29) is 41.0 Å². The number of nitro groups is 1. The van der Waals surface area contributed by atoms with Crippen LogP contribution in [0.4, 0.5) is 5.69 Å². The lowest BCUT2D eigenvalue weighted by atomic mass is 10.0. The quantitative estimate of drug-likeness (QED) is 0.0741. The van der Waals surface area contributed by atoms with E-state index in [1.165, 1.54) is 39.1 Å². The van der Waals surface area contributed by atoms with Gasteiger partial charge in [-0.2, -0.15) is 5.90 Å². The molecule has 6 N–H and O–H groups in total. The van der Waals surface area contributed by atoms with Gasteiger partial charge < -0.3 is 35.2 Å². The molecule has 1 unspecified atom stereocenters. The molecule has 2 atom stereocenters. The number of amides is 1. The van der Waals surface area contributed by atoms with Crippen LogP contribution in [0.3, 0.4) is 0 Å². The number of nitrogens with zero attached hydrogens (tertiary/aromatic N) is 2. The minimum Gasteiger partial charge on any atom is -0.506 e. The summed E-state index contributed by atoms with van der Waals surface area (Å²) in [6, 6.07) is 5.66. The van der Waals surface area contributed by atoms with Crippen LogP contribution in [0.2, 0.25) is 5.02 Å². The summed E-state index contributed by atoms with van der Waals surface area (Å²) in [4.78, 5) is 52.7. The first-order valence-corrected chi connectivity index (χ1v) is 12.6. The molecule has 15 heteroatoms. The summed E-state index contributed by atoms with van der Waals surface area (Å²) in [5.74, 6) is 3.55. The number of hydrogen-bond acceptors (Lipinski definition) is 12. The number of carbonyl (C=O) groups excluding carboxylic acids is 3. The number of Topliss-reactive ketones (excluding diaryl/α,β-unsaturated/α-hetero) is 1. The Morgan fingerprint density at radius 2 is 1.85 bits per heavy atom. The Hall–Kier alpha value is -4.27. The van der Waals surface area contributed by atoms with E-state index in [4.69, 9.17) is 31.9 Å². The van der Waals surface area contributed by atoms with Gasteiger partial charge in [-0.05, 0) is 70.0 Å². The smallest absolute Gasteiger partial charge is 0.315 e. The highest BCUT2D eigenvalue weighted by Gasteiger charge is 2.26. The molecule has 0 aromatic heterocycles. The molecule has 0 saturated carbocycles.